The van der Waals surface area contributed by atoms with E-state index in [-0.39, 0.29) is 18.3 Å². The molecule has 30 heavy (non-hydrogen) atoms. The Morgan fingerprint density at radius 3 is 2.40 bits per heavy atom. The first-order valence-electron chi connectivity index (χ1n) is 10.7. The molecule has 1 saturated heterocycles. The highest BCUT2D eigenvalue weighted by molar-refractivity contribution is 5.91. The van der Waals surface area contributed by atoms with Crippen LogP contribution in [0.4, 0.5) is 5.69 Å². The minimum Gasteiger partial charge on any atom is -0.462 e. The number of ether oxygens (including phenoxy) is 1. The Morgan fingerprint density at radius 1 is 1.03 bits per heavy atom. The number of hydrogen-bond acceptors (Lipinski definition) is 4. The summed E-state index contributed by atoms with van der Waals surface area (Å²) in [6, 6.07) is 15.2. The maximum atomic E-state index is 12.7. The summed E-state index contributed by atoms with van der Waals surface area (Å²) in [5, 5.41) is 3.07. The van der Waals surface area contributed by atoms with Crippen LogP contribution in [0.1, 0.15) is 54.6 Å². The quantitative estimate of drug-likeness (QED) is 0.684. The highest BCUT2D eigenvalue weighted by Gasteiger charge is 2.17. The van der Waals surface area contributed by atoms with Crippen molar-refractivity contribution in [3.63, 3.8) is 0 Å². The van der Waals surface area contributed by atoms with E-state index in [1.165, 1.54) is 24.9 Å². The lowest BCUT2D eigenvalue weighted by atomic mass is 10.0. The summed E-state index contributed by atoms with van der Waals surface area (Å²) in [4.78, 5) is 26.9. The Kier molecular flexibility index (Phi) is 7.66. The molecular weight excluding hydrogens is 376 g/mol. The third kappa shape index (κ3) is 5.50. The lowest BCUT2D eigenvalue weighted by molar-refractivity contribution is -0.119. The summed E-state index contributed by atoms with van der Waals surface area (Å²) >= 11 is 0. The van der Waals surface area contributed by atoms with Crippen molar-refractivity contribution in [3.05, 3.63) is 71.3 Å². The molecule has 1 aliphatic heterocycles. The molecule has 2 aromatic rings. The Labute approximate surface area is 178 Å². The number of benzene rings is 2. The fourth-order valence-corrected chi connectivity index (χ4v) is 3.76. The minimum atomic E-state index is -0.348. The molecule has 5 heteroatoms. The number of rotatable bonds is 7. The van der Waals surface area contributed by atoms with Gasteiger partial charge in [-0.15, -0.1) is 0 Å². The maximum Gasteiger partial charge on any atom is 0.338 e. The second-order valence-electron chi connectivity index (χ2n) is 7.41. The Morgan fingerprint density at radius 2 is 1.73 bits per heavy atom. The first-order chi connectivity index (χ1) is 14.6. The number of anilines is 1. The minimum absolute atomic E-state index is 0.0829. The lowest BCUT2D eigenvalue weighted by Crippen LogP contribution is -2.31. The van der Waals surface area contributed by atoms with Gasteiger partial charge >= 0.3 is 5.97 Å². The highest BCUT2D eigenvalue weighted by atomic mass is 16.5. The number of amides is 1. The molecule has 0 atom stereocenters. The normalized spacial score (nSPS) is 14.3. The van der Waals surface area contributed by atoms with E-state index in [0.717, 1.165) is 29.9 Å². The van der Waals surface area contributed by atoms with Gasteiger partial charge in [-0.1, -0.05) is 36.4 Å². The number of hydrogen-bond donors (Lipinski definition) is 1. The van der Waals surface area contributed by atoms with Gasteiger partial charge in [0.05, 0.1) is 18.6 Å². The van der Waals surface area contributed by atoms with Gasteiger partial charge in [0.15, 0.2) is 0 Å². The number of nitrogens with one attached hydrogen (secondary N) is 1. The fraction of sp³-hybridized carbons (Fsp3) is 0.360. The van der Waals surface area contributed by atoms with Crippen molar-refractivity contribution in [1.29, 1.82) is 0 Å². The van der Waals surface area contributed by atoms with E-state index in [2.05, 4.69) is 22.3 Å². The number of esters is 1. The van der Waals surface area contributed by atoms with Crippen molar-refractivity contribution in [1.82, 2.24) is 5.32 Å². The molecule has 1 N–H and O–H groups in total. The topological polar surface area (TPSA) is 58.6 Å². The summed E-state index contributed by atoms with van der Waals surface area (Å²) in [6.07, 6.45) is 5.87. The van der Waals surface area contributed by atoms with Gasteiger partial charge in [-0.2, -0.15) is 0 Å². The molecule has 0 aliphatic carbocycles. The van der Waals surface area contributed by atoms with Crippen LogP contribution in [0.15, 0.2) is 54.6 Å². The second-order valence-corrected chi connectivity index (χ2v) is 7.41. The molecule has 0 aromatic heterocycles. The SMILES string of the molecule is CC=C(NC(=O)Cc1ccc(C(=O)OCC)cc1)c1ccccc1N1CCCCC1. The molecule has 0 saturated carbocycles. The van der Waals surface area contributed by atoms with Gasteiger partial charge in [-0.3, -0.25) is 4.79 Å². The predicted molar refractivity (Wildman–Crippen MR) is 120 cm³/mol. The van der Waals surface area contributed by atoms with Crippen LogP contribution < -0.4 is 10.2 Å². The summed E-state index contributed by atoms with van der Waals surface area (Å²) in [5.41, 5.74) is 4.38. The third-order valence-electron chi connectivity index (χ3n) is 5.28. The van der Waals surface area contributed by atoms with Gasteiger partial charge in [0.1, 0.15) is 0 Å². The van der Waals surface area contributed by atoms with E-state index in [1.54, 1.807) is 31.2 Å². The van der Waals surface area contributed by atoms with Crippen LogP contribution in [0.2, 0.25) is 0 Å². The van der Waals surface area contributed by atoms with Crippen molar-refractivity contribution in [2.75, 3.05) is 24.6 Å². The summed E-state index contributed by atoms with van der Waals surface area (Å²) in [5.74, 6) is -0.431. The van der Waals surface area contributed by atoms with Gasteiger partial charge in [-0.25, -0.2) is 4.79 Å². The molecule has 0 bridgehead atoms. The number of piperidine rings is 1. The van der Waals surface area contributed by atoms with Crippen LogP contribution in [0, 0.1) is 0 Å². The van der Waals surface area contributed by atoms with Gasteiger partial charge in [0.2, 0.25) is 5.91 Å². The monoisotopic (exact) mass is 406 g/mol. The standard InChI is InChI=1S/C25H30N2O3/c1-3-22(21-10-6-7-11-23(21)27-16-8-5-9-17-27)26-24(28)18-19-12-14-20(15-13-19)25(29)30-4-2/h3,6-7,10-15H,4-5,8-9,16-18H2,1-2H3,(H,26,28). The fourth-order valence-electron chi connectivity index (χ4n) is 3.76. The molecule has 3 rings (SSSR count). The maximum absolute atomic E-state index is 12.7. The summed E-state index contributed by atoms with van der Waals surface area (Å²) in [7, 11) is 0. The molecular formula is C25H30N2O3. The zero-order valence-corrected chi connectivity index (χ0v) is 17.8. The zero-order valence-electron chi connectivity index (χ0n) is 17.8. The predicted octanol–water partition coefficient (Wildman–Crippen LogP) is 4.57. The number of nitrogens with zero attached hydrogens (tertiary/aromatic N) is 1. The van der Waals surface area contributed by atoms with Crippen LogP contribution in [-0.2, 0) is 16.0 Å². The van der Waals surface area contributed by atoms with Crippen molar-refractivity contribution in [2.45, 2.75) is 39.5 Å². The van der Waals surface area contributed by atoms with Gasteiger partial charge < -0.3 is 15.0 Å². The van der Waals surface area contributed by atoms with Crippen LogP contribution in [0.3, 0.4) is 0 Å². The van der Waals surface area contributed by atoms with E-state index < -0.39 is 0 Å². The molecule has 2 aromatic carbocycles. The van der Waals surface area contributed by atoms with E-state index in [4.69, 9.17) is 4.74 Å². The van der Waals surface area contributed by atoms with Gasteiger partial charge in [0, 0.05) is 30.0 Å². The first kappa shape index (κ1) is 21.6. The van der Waals surface area contributed by atoms with E-state index in [1.807, 2.05) is 25.1 Å². The molecule has 0 unspecified atom stereocenters. The molecule has 0 spiro atoms. The number of para-hydroxylation sites is 1. The highest BCUT2D eigenvalue weighted by Crippen LogP contribution is 2.28. The Hall–Kier alpha value is -3.08. The zero-order chi connectivity index (χ0) is 21.3. The number of carbonyl (C=O) groups is 2. The number of allylic oxidation sites excluding steroid dienone is 1. The summed E-state index contributed by atoms with van der Waals surface area (Å²) in [6.45, 7) is 6.16. The first-order valence-corrected chi connectivity index (χ1v) is 10.7. The van der Waals surface area contributed by atoms with Crippen LogP contribution in [0.25, 0.3) is 5.70 Å². The second kappa shape index (κ2) is 10.6. The molecule has 1 fully saturated rings. The van der Waals surface area contributed by atoms with E-state index in [9.17, 15) is 9.59 Å². The summed E-state index contributed by atoms with van der Waals surface area (Å²) < 4.78 is 5.00. The molecule has 1 amide bonds. The van der Waals surface area contributed by atoms with Gasteiger partial charge in [-0.05, 0) is 56.9 Å². The largest absolute Gasteiger partial charge is 0.462 e. The lowest BCUT2D eigenvalue weighted by Gasteiger charge is -2.31. The van der Waals surface area contributed by atoms with Crippen LogP contribution >= 0.6 is 0 Å². The van der Waals surface area contributed by atoms with Crippen LogP contribution in [0.5, 0.6) is 0 Å². The average molecular weight is 407 g/mol. The average Bonchev–Trinajstić information content (AvgIpc) is 2.79. The molecule has 1 aliphatic rings. The van der Waals surface area contributed by atoms with Crippen molar-refractivity contribution in [3.8, 4) is 0 Å². The molecule has 158 valence electrons. The van der Waals surface area contributed by atoms with Crippen molar-refractivity contribution >= 4 is 23.3 Å². The van der Waals surface area contributed by atoms with E-state index in [0.29, 0.717) is 12.2 Å². The third-order valence-corrected chi connectivity index (χ3v) is 5.28. The van der Waals surface area contributed by atoms with Gasteiger partial charge in [0.25, 0.3) is 0 Å². The van der Waals surface area contributed by atoms with Crippen molar-refractivity contribution in [2.24, 2.45) is 0 Å². The smallest absolute Gasteiger partial charge is 0.338 e. The van der Waals surface area contributed by atoms with Crippen molar-refractivity contribution < 1.29 is 14.3 Å². The van der Waals surface area contributed by atoms with E-state index >= 15 is 0 Å². The molecule has 0 radical (unpaired) electrons. The van der Waals surface area contributed by atoms with Crippen LogP contribution in [-0.4, -0.2) is 31.6 Å². The molecule has 1 heterocycles. The Balaban J connectivity index is 1.68. The molecule has 5 nitrogen and oxygen atoms in total. The number of carbonyl (C=O) groups excluding carboxylic acids is 2. The Bertz CT molecular complexity index is 897.